The van der Waals surface area contributed by atoms with Crippen LogP contribution in [0.15, 0.2) is 36.8 Å². The molecule has 0 atom stereocenters. The van der Waals surface area contributed by atoms with Crippen LogP contribution in [0.1, 0.15) is 29.0 Å². The summed E-state index contributed by atoms with van der Waals surface area (Å²) in [4.78, 5) is 27.2. The summed E-state index contributed by atoms with van der Waals surface area (Å²) in [7, 11) is 0. The van der Waals surface area contributed by atoms with Gasteiger partial charge in [0.05, 0.1) is 37.8 Å². The predicted octanol–water partition coefficient (Wildman–Crippen LogP) is 1.46. The molecule has 0 bridgehead atoms. The van der Waals surface area contributed by atoms with E-state index in [1.807, 2.05) is 18.2 Å². The molecule has 2 aromatic rings. The van der Waals surface area contributed by atoms with Gasteiger partial charge in [-0.15, -0.1) is 0 Å². The number of carbonyl (C=O) groups excluding carboxylic acids is 1. The second-order valence-electron chi connectivity index (χ2n) is 6.36. The molecule has 136 valence electrons. The highest BCUT2D eigenvalue weighted by atomic mass is 16.7. The summed E-state index contributed by atoms with van der Waals surface area (Å²) in [6.45, 7) is 3.01. The number of piperidine rings is 1. The van der Waals surface area contributed by atoms with Crippen molar-refractivity contribution in [1.82, 2.24) is 19.9 Å². The van der Waals surface area contributed by atoms with Crippen molar-refractivity contribution < 1.29 is 14.3 Å². The van der Waals surface area contributed by atoms with E-state index in [1.54, 1.807) is 17.3 Å². The number of hydrogen-bond acceptors (Lipinski definition) is 7. The molecule has 0 radical (unpaired) electrons. The molecule has 0 saturated carbocycles. The first kappa shape index (κ1) is 16.9. The smallest absolute Gasteiger partial charge is 0.274 e. The molecule has 2 saturated heterocycles. The summed E-state index contributed by atoms with van der Waals surface area (Å²) in [5.41, 5.74) is 1.26. The molecule has 0 unspecified atom stereocenters. The van der Waals surface area contributed by atoms with Crippen LogP contribution in [0.2, 0.25) is 0 Å². The molecule has 1 amide bonds. The zero-order valence-electron chi connectivity index (χ0n) is 14.4. The Balaban J connectivity index is 1.32. The van der Waals surface area contributed by atoms with E-state index in [-0.39, 0.29) is 5.91 Å². The summed E-state index contributed by atoms with van der Waals surface area (Å²) < 4.78 is 11.4. The van der Waals surface area contributed by atoms with E-state index in [9.17, 15) is 4.79 Å². The second kappa shape index (κ2) is 7.35. The van der Waals surface area contributed by atoms with Gasteiger partial charge in [0.25, 0.3) is 5.91 Å². The maximum absolute atomic E-state index is 12.6. The lowest BCUT2D eigenvalue weighted by atomic mass is 10.0. The number of nitrogens with zero attached hydrogens (tertiary/aromatic N) is 4. The molecule has 2 fully saturated rings. The molecule has 2 aromatic heterocycles. The quantitative estimate of drug-likeness (QED) is 0.888. The number of rotatable bonds is 4. The van der Waals surface area contributed by atoms with Crippen LogP contribution in [-0.2, 0) is 16.0 Å². The topological polar surface area (TPSA) is 89.5 Å². The Labute approximate surface area is 151 Å². The van der Waals surface area contributed by atoms with Crippen molar-refractivity contribution in [2.24, 2.45) is 0 Å². The number of anilines is 1. The minimum Gasteiger partial charge on any atom is -0.363 e. The molecule has 2 aliphatic heterocycles. The van der Waals surface area contributed by atoms with Gasteiger partial charge in [-0.1, -0.05) is 6.07 Å². The Morgan fingerprint density at radius 1 is 1.12 bits per heavy atom. The maximum atomic E-state index is 12.6. The first-order valence-corrected chi connectivity index (χ1v) is 8.77. The third-order valence-corrected chi connectivity index (χ3v) is 4.67. The molecule has 4 heterocycles. The number of carbonyl (C=O) groups is 1. The fourth-order valence-corrected chi connectivity index (χ4v) is 3.21. The standard InChI is InChI=1S/C18H21N5O3/c24-17(23-7-4-18(5-8-23)25-9-10-26-18)15-12-22-16(13-20-15)21-11-14-3-1-2-6-19-14/h1-3,6,12-13H,4-5,7-11H2,(H,21,22). The van der Waals surface area contributed by atoms with Crippen LogP contribution in [0.3, 0.4) is 0 Å². The van der Waals surface area contributed by atoms with Crippen molar-refractivity contribution in [2.75, 3.05) is 31.6 Å². The highest BCUT2D eigenvalue weighted by Gasteiger charge is 2.41. The molecule has 1 N–H and O–H groups in total. The van der Waals surface area contributed by atoms with Crippen LogP contribution >= 0.6 is 0 Å². The third-order valence-electron chi connectivity index (χ3n) is 4.67. The number of nitrogens with one attached hydrogen (secondary N) is 1. The van der Waals surface area contributed by atoms with Gasteiger partial charge in [0.1, 0.15) is 11.5 Å². The van der Waals surface area contributed by atoms with Crippen LogP contribution in [-0.4, -0.2) is 57.8 Å². The van der Waals surface area contributed by atoms with Gasteiger partial charge in [-0.25, -0.2) is 9.97 Å². The molecule has 1 spiro atoms. The minimum atomic E-state index is -0.484. The Hall–Kier alpha value is -2.58. The number of pyridine rings is 1. The Morgan fingerprint density at radius 3 is 2.58 bits per heavy atom. The van der Waals surface area contributed by atoms with Gasteiger partial charge < -0.3 is 19.7 Å². The minimum absolute atomic E-state index is 0.110. The molecular formula is C18H21N5O3. The van der Waals surface area contributed by atoms with E-state index in [1.165, 1.54) is 6.20 Å². The van der Waals surface area contributed by atoms with Gasteiger partial charge in [-0.2, -0.15) is 0 Å². The summed E-state index contributed by atoms with van der Waals surface area (Å²) in [6, 6.07) is 5.73. The van der Waals surface area contributed by atoms with Crippen molar-refractivity contribution >= 4 is 11.7 Å². The number of hydrogen-bond donors (Lipinski definition) is 1. The predicted molar refractivity (Wildman–Crippen MR) is 93.4 cm³/mol. The summed E-state index contributed by atoms with van der Waals surface area (Å²) in [5.74, 6) is 0.0148. The van der Waals surface area contributed by atoms with Gasteiger partial charge in [-0.3, -0.25) is 9.78 Å². The van der Waals surface area contributed by atoms with E-state index in [0.717, 1.165) is 5.69 Å². The van der Waals surface area contributed by atoms with E-state index in [2.05, 4.69) is 20.3 Å². The SMILES string of the molecule is O=C(c1cnc(NCc2ccccn2)cn1)N1CCC2(CC1)OCCO2. The Morgan fingerprint density at radius 2 is 1.92 bits per heavy atom. The van der Waals surface area contributed by atoms with Crippen molar-refractivity contribution in [3.63, 3.8) is 0 Å². The highest BCUT2D eigenvalue weighted by Crippen LogP contribution is 2.31. The van der Waals surface area contributed by atoms with Crippen molar-refractivity contribution in [1.29, 1.82) is 0 Å². The van der Waals surface area contributed by atoms with E-state index < -0.39 is 5.79 Å². The number of likely N-dealkylation sites (tertiary alicyclic amines) is 1. The lowest BCUT2D eigenvalue weighted by Crippen LogP contribution is -2.47. The van der Waals surface area contributed by atoms with Gasteiger partial charge in [-0.05, 0) is 12.1 Å². The fraction of sp³-hybridized carbons (Fsp3) is 0.444. The monoisotopic (exact) mass is 355 g/mol. The largest absolute Gasteiger partial charge is 0.363 e. The Bertz CT molecular complexity index is 737. The molecule has 8 nitrogen and oxygen atoms in total. The van der Waals surface area contributed by atoms with E-state index in [4.69, 9.17) is 9.47 Å². The Kier molecular flexibility index (Phi) is 4.77. The van der Waals surface area contributed by atoms with Crippen molar-refractivity contribution in [2.45, 2.75) is 25.2 Å². The zero-order chi connectivity index (χ0) is 17.8. The van der Waals surface area contributed by atoms with Crippen LogP contribution < -0.4 is 5.32 Å². The zero-order valence-corrected chi connectivity index (χ0v) is 14.4. The maximum Gasteiger partial charge on any atom is 0.274 e. The fourth-order valence-electron chi connectivity index (χ4n) is 3.21. The number of ether oxygens (including phenoxy) is 2. The lowest BCUT2D eigenvalue weighted by Gasteiger charge is -2.37. The summed E-state index contributed by atoms with van der Waals surface area (Å²) >= 11 is 0. The molecule has 0 aliphatic carbocycles. The average molecular weight is 355 g/mol. The van der Waals surface area contributed by atoms with E-state index >= 15 is 0 Å². The average Bonchev–Trinajstić information content (AvgIpc) is 3.16. The summed E-state index contributed by atoms with van der Waals surface area (Å²) in [5, 5.41) is 3.15. The molecule has 4 rings (SSSR count). The molecule has 26 heavy (non-hydrogen) atoms. The summed E-state index contributed by atoms with van der Waals surface area (Å²) in [6.07, 6.45) is 6.21. The van der Waals surface area contributed by atoms with Crippen molar-refractivity contribution in [3.8, 4) is 0 Å². The highest BCUT2D eigenvalue weighted by molar-refractivity contribution is 5.92. The number of amides is 1. The van der Waals surface area contributed by atoms with Crippen LogP contribution in [0.4, 0.5) is 5.82 Å². The second-order valence-corrected chi connectivity index (χ2v) is 6.36. The number of aromatic nitrogens is 3. The van der Waals surface area contributed by atoms with Gasteiger partial charge in [0.2, 0.25) is 0 Å². The van der Waals surface area contributed by atoms with Crippen LogP contribution in [0.25, 0.3) is 0 Å². The van der Waals surface area contributed by atoms with Gasteiger partial charge >= 0.3 is 0 Å². The van der Waals surface area contributed by atoms with Gasteiger partial charge in [0, 0.05) is 32.1 Å². The third kappa shape index (κ3) is 3.66. The van der Waals surface area contributed by atoms with Crippen LogP contribution in [0, 0.1) is 0 Å². The molecule has 8 heteroatoms. The molecule has 0 aromatic carbocycles. The lowest BCUT2D eigenvalue weighted by molar-refractivity contribution is -0.181. The first-order chi connectivity index (χ1) is 12.7. The first-order valence-electron chi connectivity index (χ1n) is 8.77. The molecule has 2 aliphatic rings. The van der Waals surface area contributed by atoms with E-state index in [0.29, 0.717) is 57.2 Å². The van der Waals surface area contributed by atoms with Crippen LogP contribution in [0.5, 0.6) is 0 Å². The normalized spacial score (nSPS) is 18.8. The van der Waals surface area contributed by atoms with Crippen molar-refractivity contribution in [3.05, 3.63) is 48.2 Å². The van der Waals surface area contributed by atoms with Gasteiger partial charge in [0.15, 0.2) is 5.79 Å². The molecular weight excluding hydrogens is 334 g/mol.